The van der Waals surface area contributed by atoms with E-state index in [1.54, 1.807) is 17.1 Å². The maximum absolute atomic E-state index is 13.8. The van der Waals surface area contributed by atoms with E-state index in [2.05, 4.69) is 9.82 Å². The number of nitrogens with two attached hydrogens (primary N) is 1. The van der Waals surface area contributed by atoms with Crippen molar-refractivity contribution in [2.24, 2.45) is 5.73 Å². The van der Waals surface area contributed by atoms with E-state index in [1.165, 1.54) is 12.1 Å². The van der Waals surface area contributed by atoms with Crippen molar-refractivity contribution in [3.05, 3.63) is 47.5 Å². The van der Waals surface area contributed by atoms with Crippen LogP contribution in [-0.4, -0.2) is 24.7 Å². The van der Waals surface area contributed by atoms with E-state index in [0.29, 0.717) is 12.1 Å². The first-order valence-corrected chi connectivity index (χ1v) is 7.88. The number of rotatable bonds is 6. The van der Waals surface area contributed by atoms with E-state index in [-0.39, 0.29) is 18.0 Å². The summed E-state index contributed by atoms with van der Waals surface area (Å²) < 4.78 is 41.8. The van der Waals surface area contributed by atoms with Crippen molar-refractivity contribution in [2.75, 3.05) is 6.54 Å². The highest BCUT2D eigenvalue weighted by Crippen LogP contribution is 2.15. The predicted molar refractivity (Wildman–Crippen MR) is 76.4 cm³/mol. The molecule has 0 atom stereocenters. The predicted octanol–water partition coefficient (Wildman–Crippen LogP) is 0.768. The number of hydrogen-bond acceptors (Lipinski definition) is 4. The zero-order valence-corrected chi connectivity index (χ0v) is 12.4. The highest BCUT2D eigenvalue weighted by molar-refractivity contribution is 7.89. The van der Waals surface area contributed by atoms with Crippen LogP contribution in [0, 0.1) is 12.7 Å². The first-order valence-electron chi connectivity index (χ1n) is 6.39. The molecule has 21 heavy (non-hydrogen) atoms. The third-order valence-electron chi connectivity index (χ3n) is 2.92. The van der Waals surface area contributed by atoms with Crippen LogP contribution in [0.5, 0.6) is 0 Å². The molecule has 0 fully saturated rings. The molecular weight excluding hydrogens is 295 g/mol. The van der Waals surface area contributed by atoms with Gasteiger partial charge in [0, 0.05) is 19.3 Å². The molecular formula is C13H17FN4O2S. The number of sulfonamides is 1. The van der Waals surface area contributed by atoms with E-state index in [1.807, 2.05) is 6.92 Å². The Hall–Kier alpha value is -1.77. The van der Waals surface area contributed by atoms with Gasteiger partial charge in [-0.2, -0.15) is 5.10 Å². The van der Waals surface area contributed by atoms with Crippen molar-refractivity contribution in [2.45, 2.75) is 24.9 Å². The lowest BCUT2D eigenvalue weighted by Crippen LogP contribution is -2.28. The smallest absolute Gasteiger partial charge is 0.243 e. The van der Waals surface area contributed by atoms with Crippen LogP contribution in [0.4, 0.5) is 4.39 Å². The fraction of sp³-hybridized carbons (Fsp3) is 0.308. The molecule has 0 aliphatic heterocycles. The Balaban J connectivity index is 2.04. The number of nitrogens with zero attached hydrogens (tertiary/aromatic N) is 2. The topological polar surface area (TPSA) is 90.0 Å². The maximum atomic E-state index is 13.8. The Morgan fingerprint density at radius 2 is 2.19 bits per heavy atom. The molecule has 0 unspecified atom stereocenters. The summed E-state index contributed by atoms with van der Waals surface area (Å²) in [6.45, 7) is 2.54. The molecule has 114 valence electrons. The molecule has 0 saturated heterocycles. The Morgan fingerprint density at radius 3 is 2.76 bits per heavy atom. The molecule has 8 heteroatoms. The molecule has 2 rings (SSSR count). The van der Waals surface area contributed by atoms with Gasteiger partial charge in [0.1, 0.15) is 10.7 Å². The van der Waals surface area contributed by atoms with Crippen LogP contribution in [0.2, 0.25) is 0 Å². The standard InChI is InChI=1S/C13H17FN4O2S/c1-10-8-16-18(9-10)5-4-17-21(19,20)13-3-2-11(7-15)6-12(13)14/h2-3,6,8-9,17H,4-5,7,15H2,1H3. The molecule has 2 aromatic rings. The number of nitrogens with one attached hydrogen (secondary N) is 1. The minimum atomic E-state index is -3.89. The molecule has 0 aliphatic carbocycles. The average Bonchev–Trinajstić information content (AvgIpc) is 2.83. The summed E-state index contributed by atoms with van der Waals surface area (Å²) in [5.74, 6) is -0.805. The lowest BCUT2D eigenvalue weighted by Gasteiger charge is -2.08. The number of hydrogen-bond donors (Lipinski definition) is 2. The molecule has 0 bridgehead atoms. The van der Waals surface area contributed by atoms with Gasteiger partial charge in [0.05, 0.1) is 12.7 Å². The van der Waals surface area contributed by atoms with Crippen molar-refractivity contribution >= 4 is 10.0 Å². The highest BCUT2D eigenvalue weighted by Gasteiger charge is 2.18. The van der Waals surface area contributed by atoms with Crippen LogP contribution in [0.25, 0.3) is 0 Å². The van der Waals surface area contributed by atoms with Crippen molar-refractivity contribution in [1.29, 1.82) is 0 Å². The molecule has 0 spiro atoms. The summed E-state index contributed by atoms with van der Waals surface area (Å²) in [5.41, 5.74) is 6.91. The van der Waals surface area contributed by atoms with Crippen LogP contribution < -0.4 is 10.5 Å². The summed E-state index contributed by atoms with van der Waals surface area (Å²) in [6.07, 6.45) is 3.48. The molecule has 1 aromatic carbocycles. The number of benzene rings is 1. The third kappa shape index (κ3) is 3.87. The van der Waals surface area contributed by atoms with Crippen LogP contribution in [0.15, 0.2) is 35.5 Å². The SMILES string of the molecule is Cc1cnn(CCNS(=O)(=O)c2ccc(CN)cc2F)c1. The monoisotopic (exact) mass is 312 g/mol. The Kier molecular flexibility index (Phi) is 4.71. The van der Waals surface area contributed by atoms with E-state index in [9.17, 15) is 12.8 Å². The minimum absolute atomic E-state index is 0.127. The van der Waals surface area contributed by atoms with E-state index in [4.69, 9.17) is 5.73 Å². The van der Waals surface area contributed by atoms with E-state index >= 15 is 0 Å². The Morgan fingerprint density at radius 1 is 1.43 bits per heavy atom. The summed E-state index contributed by atoms with van der Waals surface area (Å²) in [5, 5.41) is 4.04. The summed E-state index contributed by atoms with van der Waals surface area (Å²) in [4.78, 5) is -0.378. The first kappa shape index (κ1) is 15.6. The van der Waals surface area contributed by atoms with Gasteiger partial charge in [-0.15, -0.1) is 0 Å². The maximum Gasteiger partial charge on any atom is 0.243 e. The molecule has 0 aliphatic rings. The molecule has 0 radical (unpaired) electrons. The van der Waals surface area contributed by atoms with Gasteiger partial charge in [-0.3, -0.25) is 4.68 Å². The lowest BCUT2D eigenvalue weighted by molar-refractivity contribution is 0.544. The minimum Gasteiger partial charge on any atom is -0.326 e. The normalized spacial score (nSPS) is 11.8. The van der Waals surface area contributed by atoms with Gasteiger partial charge in [0.25, 0.3) is 0 Å². The second kappa shape index (κ2) is 6.33. The number of aromatic nitrogens is 2. The van der Waals surface area contributed by atoms with Crippen LogP contribution in [0.1, 0.15) is 11.1 Å². The van der Waals surface area contributed by atoms with Gasteiger partial charge >= 0.3 is 0 Å². The van der Waals surface area contributed by atoms with E-state index in [0.717, 1.165) is 11.6 Å². The molecule has 1 aromatic heterocycles. The number of aryl methyl sites for hydroxylation is 1. The molecule has 6 nitrogen and oxygen atoms in total. The summed E-state index contributed by atoms with van der Waals surface area (Å²) in [6, 6.07) is 3.85. The summed E-state index contributed by atoms with van der Waals surface area (Å²) >= 11 is 0. The van der Waals surface area contributed by atoms with Gasteiger partial charge in [-0.1, -0.05) is 6.07 Å². The zero-order valence-electron chi connectivity index (χ0n) is 11.6. The zero-order chi connectivity index (χ0) is 15.5. The lowest BCUT2D eigenvalue weighted by atomic mass is 10.2. The second-order valence-electron chi connectivity index (χ2n) is 4.65. The molecule has 0 amide bonds. The van der Waals surface area contributed by atoms with Gasteiger partial charge in [-0.25, -0.2) is 17.5 Å². The quantitative estimate of drug-likeness (QED) is 0.824. The Labute approximate surface area is 122 Å². The van der Waals surface area contributed by atoms with Crippen LogP contribution in [-0.2, 0) is 23.1 Å². The first-order chi connectivity index (χ1) is 9.92. The molecule has 3 N–H and O–H groups in total. The fourth-order valence-electron chi connectivity index (χ4n) is 1.85. The third-order valence-corrected chi connectivity index (χ3v) is 4.41. The van der Waals surface area contributed by atoms with Crippen molar-refractivity contribution in [3.63, 3.8) is 0 Å². The fourth-order valence-corrected chi connectivity index (χ4v) is 2.93. The van der Waals surface area contributed by atoms with Gasteiger partial charge in [0.2, 0.25) is 10.0 Å². The highest BCUT2D eigenvalue weighted by atomic mass is 32.2. The summed E-state index contributed by atoms with van der Waals surface area (Å²) in [7, 11) is -3.89. The van der Waals surface area contributed by atoms with Crippen molar-refractivity contribution < 1.29 is 12.8 Å². The van der Waals surface area contributed by atoms with Crippen LogP contribution >= 0.6 is 0 Å². The molecule has 1 heterocycles. The molecule has 0 saturated carbocycles. The van der Waals surface area contributed by atoms with E-state index < -0.39 is 15.8 Å². The number of halogens is 1. The second-order valence-corrected chi connectivity index (χ2v) is 6.38. The van der Waals surface area contributed by atoms with Gasteiger partial charge in [-0.05, 0) is 30.2 Å². The van der Waals surface area contributed by atoms with Crippen molar-refractivity contribution in [3.8, 4) is 0 Å². The van der Waals surface area contributed by atoms with Gasteiger partial charge < -0.3 is 5.73 Å². The largest absolute Gasteiger partial charge is 0.326 e. The average molecular weight is 312 g/mol. The van der Waals surface area contributed by atoms with Crippen molar-refractivity contribution in [1.82, 2.24) is 14.5 Å². The van der Waals surface area contributed by atoms with Gasteiger partial charge in [0.15, 0.2) is 0 Å². The Bertz CT molecular complexity index is 728. The van der Waals surface area contributed by atoms with Crippen LogP contribution in [0.3, 0.4) is 0 Å².